The highest BCUT2D eigenvalue weighted by Crippen LogP contribution is 2.56. The zero-order valence-corrected chi connectivity index (χ0v) is 9.37. The van der Waals surface area contributed by atoms with Crippen LogP contribution in [-0.2, 0) is 11.3 Å². The number of nitrogens with zero attached hydrogens (tertiary/aromatic N) is 1. The lowest BCUT2D eigenvalue weighted by Gasteiger charge is -2.09. The molecule has 5 nitrogen and oxygen atoms in total. The quantitative estimate of drug-likeness (QED) is 0.764. The van der Waals surface area contributed by atoms with Crippen molar-refractivity contribution in [2.75, 3.05) is 0 Å². The molecule has 1 heterocycles. The summed E-state index contributed by atoms with van der Waals surface area (Å²) in [6.45, 7) is 0.317. The van der Waals surface area contributed by atoms with Gasteiger partial charge in [-0.15, -0.1) is 0 Å². The van der Waals surface area contributed by atoms with Crippen LogP contribution in [0.2, 0.25) is 0 Å². The van der Waals surface area contributed by atoms with Gasteiger partial charge >= 0.3 is 5.97 Å². The van der Waals surface area contributed by atoms with Gasteiger partial charge in [-0.3, -0.25) is 9.36 Å². The highest BCUT2D eigenvalue weighted by molar-refractivity contribution is 5.92. The summed E-state index contributed by atoms with van der Waals surface area (Å²) in [6, 6.07) is 9.34. The van der Waals surface area contributed by atoms with Gasteiger partial charge in [-0.05, 0) is 5.56 Å². The molecule has 0 aliphatic heterocycles. The lowest BCUT2D eigenvalue weighted by molar-refractivity contribution is -0.136. The Morgan fingerprint density at radius 2 is 1.67 bits per heavy atom. The molecule has 0 saturated heterocycles. The second-order valence-corrected chi connectivity index (χ2v) is 4.32. The Morgan fingerprint density at radius 1 is 1.11 bits per heavy atom. The van der Waals surface area contributed by atoms with Crippen molar-refractivity contribution in [3.8, 4) is 11.8 Å². The number of aromatic nitrogens is 1. The second-order valence-electron chi connectivity index (χ2n) is 4.32. The molecule has 1 aliphatic carbocycles. The van der Waals surface area contributed by atoms with Crippen LogP contribution in [0.3, 0.4) is 0 Å². The van der Waals surface area contributed by atoms with E-state index in [2.05, 4.69) is 0 Å². The number of benzene rings is 1. The SMILES string of the molecule is O=C(O)C1c2c1c(O)n(Cc1ccccc1)c2O. The maximum atomic E-state index is 10.8. The van der Waals surface area contributed by atoms with E-state index in [4.69, 9.17) is 5.11 Å². The molecule has 3 rings (SSSR count). The van der Waals surface area contributed by atoms with Gasteiger partial charge in [-0.25, -0.2) is 0 Å². The van der Waals surface area contributed by atoms with Crippen LogP contribution in [0.15, 0.2) is 30.3 Å². The van der Waals surface area contributed by atoms with Crippen LogP contribution < -0.4 is 0 Å². The molecule has 0 fully saturated rings. The number of carbonyl (C=O) groups is 1. The molecule has 18 heavy (non-hydrogen) atoms. The Labute approximate surface area is 103 Å². The monoisotopic (exact) mass is 245 g/mol. The predicted molar refractivity (Wildman–Crippen MR) is 62.8 cm³/mol. The number of carboxylic acid groups (broad SMARTS) is 1. The third-order valence-corrected chi connectivity index (χ3v) is 3.21. The van der Waals surface area contributed by atoms with Crippen molar-refractivity contribution in [1.82, 2.24) is 4.57 Å². The number of carboxylic acids is 1. The van der Waals surface area contributed by atoms with Gasteiger partial charge in [0.1, 0.15) is 5.92 Å². The molecule has 0 spiro atoms. The van der Waals surface area contributed by atoms with Gasteiger partial charge in [0, 0.05) is 11.1 Å². The summed E-state index contributed by atoms with van der Waals surface area (Å²) in [5.41, 5.74) is 1.58. The fourth-order valence-electron chi connectivity index (χ4n) is 2.28. The topological polar surface area (TPSA) is 82.7 Å². The van der Waals surface area contributed by atoms with Gasteiger partial charge in [-0.2, -0.15) is 0 Å². The average molecular weight is 245 g/mol. The molecule has 3 N–H and O–H groups in total. The second kappa shape index (κ2) is 3.53. The standard InChI is InChI=1S/C13H11NO4/c15-11-8-9(10(8)13(17)18)12(16)14(11)6-7-4-2-1-3-5-7/h1-5,10,15-16H,6H2,(H,17,18). The van der Waals surface area contributed by atoms with E-state index in [1.54, 1.807) is 0 Å². The zero-order chi connectivity index (χ0) is 12.9. The number of aromatic hydroxyl groups is 2. The number of hydrogen-bond donors (Lipinski definition) is 3. The highest BCUT2D eigenvalue weighted by Gasteiger charge is 2.49. The predicted octanol–water partition coefficient (Wildman–Crippen LogP) is 1.48. The zero-order valence-electron chi connectivity index (χ0n) is 9.37. The Kier molecular flexibility index (Phi) is 2.10. The molecular formula is C13H11NO4. The van der Waals surface area contributed by atoms with Crippen molar-refractivity contribution in [2.45, 2.75) is 12.5 Å². The summed E-state index contributed by atoms with van der Waals surface area (Å²) in [7, 11) is 0. The van der Waals surface area contributed by atoms with Gasteiger partial charge in [0.15, 0.2) is 11.8 Å². The molecule has 0 atom stereocenters. The van der Waals surface area contributed by atoms with E-state index in [0.29, 0.717) is 17.7 Å². The van der Waals surface area contributed by atoms with E-state index in [1.807, 2.05) is 30.3 Å². The van der Waals surface area contributed by atoms with Crippen molar-refractivity contribution in [2.24, 2.45) is 0 Å². The van der Waals surface area contributed by atoms with Crippen LogP contribution in [0, 0.1) is 0 Å². The minimum atomic E-state index is -1.04. The van der Waals surface area contributed by atoms with Gasteiger partial charge < -0.3 is 15.3 Å². The number of aliphatic carboxylic acids is 1. The average Bonchev–Trinajstić information content (AvgIpc) is 3.05. The summed E-state index contributed by atoms with van der Waals surface area (Å²) in [5, 5.41) is 28.6. The molecule has 92 valence electrons. The van der Waals surface area contributed by atoms with Crippen LogP contribution in [0.4, 0.5) is 0 Å². The Hall–Kier alpha value is -2.43. The van der Waals surface area contributed by atoms with Gasteiger partial charge in [0.2, 0.25) is 0 Å². The summed E-state index contributed by atoms with van der Waals surface area (Å²) >= 11 is 0. The molecular weight excluding hydrogens is 234 g/mol. The Morgan fingerprint density at radius 3 is 2.17 bits per heavy atom. The molecule has 0 amide bonds. The Balaban J connectivity index is 1.93. The first-order chi connectivity index (χ1) is 8.61. The summed E-state index contributed by atoms with van der Waals surface area (Å²) < 4.78 is 1.32. The van der Waals surface area contributed by atoms with Crippen LogP contribution >= 0.6 is 0 Å². The maximum Gasteiger partial charge on any atom is 0.315 e. The molecule has 1 aromatic heterocycles. The molecule has 0 saturated carbocycles. The number of rotatable bonds is 3. The minimum Gasteiger partial charge on any atom is -0.494 e. The first-order valence-corrected chi connectivity index (χ1v) is 5.52. The van der Waals surface area contributed by atoms with E-state index >= 15 is 0 Å². The van der Waals surface area contributed by atoms with Gasteiger partial charge in [-0.1, -0.05) is 30.3 Å². The fourth-order valence-corrected chi connectivity index (χ4v) is 2.28. The molecule has 5 heteroatoms. The van der Waals surface area contributed by atoms with Crippen LogP contribution in [0.1, 0.15) is 22.6 Å². The molecule has 0 radical (unpaired) electrons. The fraction of sp³-hybridized carbons (Fsp3) is 0.154. The summed E-state index contributed by atoms with van der Waals surface area (Å²) in [4.78, 5) is 10.8. The molecule has 1 aliphatic rings. The van der Waals surface area contributed by atoms with E-state index in [1.165, 1.54) is 4.57 Å². The van der Waals surface area contributed by atoms with Gasteiger partial charge in [0.25, 0.3) is 0 Å². The van der Waals surface area contributed by atoms with Gasteiger partial charge in [0.05, 0.1) is 6.54 Å². The van der Waals surface area contributed by atoms with Crippen molar-refractivity contribution in [1.29, 1.82) is 0 Å². The van der Waals surface area contributed by atoms with Crippen LogP contribution in [0.5, 0.6) is 11.8 Å². The normalized spacial score (nSPS) is 13.3. The Bertz CT molecular complexity index is 603. The first kappa shape index (κ1) is 10.7. The first-order valence-electron chi connectivity index (χ1n) is 5.52. The minimum absolute atomic E-state index is 0.154. The van der Waals surface area contributed by atoms with Crippen molar-refractivity contribution in [3.63, 3.8) is 0 Å². The third kappa shape index (κ3) is 1.37. The van der Waals surface area contributed by atoms with Crippen LogP contribution in [0.25, 0.3) is 0 Å². The smallest absolute Gasteiger partial charge is 0.315 e. The summed E-state index contributed by atoms with van der Waals surface area (Å²) in [5.74, 6) is -2.19. The van der Waals surface area contributed by atoms with E-state index in [-0.39, 0.29) is 11.8 Å². The third-order valence-electron chi connectivity index (χ3n) is 3.21. The molecule has 0 bridgehead atoms. The molecule has 0 unspecified atom stereocenters. The van der Waals surface area contributed by atoms with Crippen molar-refractivity contribution < 1.29 is 20.1 Å². The molecule has 1 aromatic carbocycles. The molecule has 2 aromatic rings. The van der Waals surface area contributed by atoms with Crippen LogP contribution in [-0.4, -0.2) is 25.9 Å². The number of fused-ring (bicyclic) bond motifs is 1. The maximum absolute atomic E-state index is 10.8. The van der Waals surface area contributed by atoms with E-state index < -0.39 is 11.9 Å². The van der Waals surface area contributed by atoms with E-state index in [0.717, 1.165) is 5.56 Å². The largest absolute Gasteiger partial charge is 0.494 e. The number of hydrogen-bond acceptors (Lipinski definition) is 3. The van der Waals surface area contributed by atoms with Crippen molar-refractivity contribution in [3.05, 3.63) is 47.0 Å². The summed E-state index contributed by atoms with van der Waals surface area (Å²) in [6.07, 6.45) is 0. The lowest BCUT2D eigenvalue weighted by atomic mass is 10.2. The van der Waals surface area contributed by atoms with E-state index in [9.17, 15) is 15.0 Å². The van der Waals surface area contributed by atoms with Crippen molar-refractivity contribution >= 4 is 5.97 Å². The highest BCUT2D eigenvalue weighted by atomic mass is 16.4. The lowest BCUT2D eigenvalue weighted by Crippen LogP contribution is -2.04.